The number of nitrogens with one attached hydrogen (secondary N) is 1. The summed E-state index contributed by atoms with van der Waals surface area (Å²) in [7, 11) is 1.59. The maximum absolute atomic E-state index is 12.1. The summed E-state index contributed by atoms with van der Waals surface area (Å²) in [6.07, 6.45) is 1.70. The Bertz CT molecular complexity index is 871. The van der Waals surface area contributed by atoms with Crippen molar-refractivity contribution in [1.29, 1.82) is 0 Å². The third-order valence-corrected chi connectivity index (χ3v) is 4.32. The molecule has 3 rings (SSSR count). The molecule has 1 fully saturated rings. The molecule has 0 unspecified atom stereocenters. The number of rotatable bonds is 4. The number of aromatic carboxylic acids is 1. The lowest BCUT2D eigenvalue weighted by Gasteiger charge is -1.99. The largest absolute Gasteiger partial charge is 0.497 e. The van der Waals surface area contributed by atoms with Crippen molar-refractivity contribution in [3.63, 3.8) is 0 Å². The maximum atomic E-state index is 12.1. The Kier molecular flexibility index (Phi) is 4.85. The zero-order valence-electron chi connectivity index (χ0n) is 13.2. The summed E-state index contributed by atoms with van der Waals surface area (Å²) in [4.78, 5) is 27.8. The first-order chi connectivity index (χ1) is 12.0. The molecule has 0 atom stereocenters. The summed E-state index contributed by atoms with van der Waals surface area (Å²) in [5.74, 6) is -0.488. The number of aliphatic imine (C=N–C) groups is 1. The van der Waals surface area contributed by atoms with Crippen LogP contribution in [0, 0.1) is 0 Å². The molecule has 0 bridgehead atoms. The summed E-state index contributed by atoms with van der Waals surface area (Å²) in [6.45, 7) is 0. The van der Waals surface area contributed by atoms with Crippen LogP contribution in [0.5, 0.6) is 5.75 Å². The molecule has 1 amide bonds. The van der Waals surface area contributed by atoms with Crippen LogP contribution in [0.15, 0.2) is 58.4 Å². The maximum Gasteiger partial charge on any atom is 0.335 e. The van der Waals surface area contributed by atoms with Gasteiger partial charge in [0, 0.05) is 0 Å². The van der Waals surface area contributed by atoms with E-state index in [0.29, 0.717) is 15.8 Å². The van der Waals surface area contributed by atoms with Gasteiger partial charge in [0.1, 0.15) is 5.75 Å². The molecule has 2 aromatic carbocycles. The van der Waals surface area contributed by atoms with Crippen molar-refractivity contribution in [3.05, 3.63) is 64.6 Å². The van der Waals surface area contributed by atoms with Crippen LogP contribution in [0.2, 0.25) is 0 Å². The molecule has 1 saturated heterocycles. The van der Waals surface area contributed by atoms with E-state index in [2.05, 4.69) is 10.3 Å². The summed E-state index contributed by atoms with van der Waals surface area (Å²) in [5, 5.41) is 12.1. The first-order valence-corrected chi connectivity index (χ1v) is 8.14. The summed E-state index contributed by atoms with van der Waals surface area (Å²) >= 11 is 1.23. The summed E-state index contributed by atoms with van der Waals surface area (Å²) in [5.41, 5.74) is 1.65. The van der Waals surface area contributed by atoms with Crippen molar-refractivity contribution in [3.8, 4) is 5.75 Å². The standard InChI is InChI=1S/C18H14N2O4S/c1-24-14-8-6-13(7-9-14)19-18-20-16(21)15(25-18)10-11-2-4-12(5-3-11)17(22)23/h2-10H,1H3,(H,22,23)(H,19,20,21)/b15-10+. The fourth-order valence-corrected chi connectivity index (χ4v) is 2.97. The molecule has 126 valence electrons. The number of carbonyl (C=O) groups excluding carboxylic acids is 1. The van der Waals surface area contributed by atoms with Crippen molar-refractivity contribution in [2.24, 2.45) is 4.99 Å². The number of ether oxygens (including phenoxy) is 1. The minimum atomic E-state index is -0.985. The van der Waals surface area contributed by atoms with Gasteiger partial charge in [0.2, 0.25) is 0 Å². The Morgan fingerprint density at radius 2 is 1.84 bits per heavy atom. The van der Waals surface area contributed by atoms with Gasteiger partial charge in [-0.3, -0.25) is 4.79 Å². The number of carboxylic acid groups (broad SMARTS) is 1. The van der Waals surface area contributed by atoms with Crippen LogP contribution in [0.1, 0.15) is 15.9 Å². The van der Waals surface area contributed by atoms with Crippen LogP contribution in [0.4, 0.5) is 5.69 Å². The van der Waals surface area contributed by atoms with Gasteiger partial charge in [-0.15, -0.1) is 0 Å². The summed E-state index contributed by atoms with van der Waals surface area (Å²) in [6, 6.07) is 13.5. The van der Waals surface area contributed by atoms with Crippen molar-refractivity contribution >= 4 is 40.6 Å². The van der Waals surface area contributed by atoms with Crippen molar-refractivity contribution in [2.45, 2.75) is 0 Å². The van der Waals surface area contributed by atoms with Gasteiger partial charge in [-0.2, -0.15) is 0 Å². The third-order valence-electron chi connectivity index (χ3n) is 3.41. The molecule has 0 saturated carbocycles. The first kappa shape index (κ1) is 16.8. The molecule has 1 aliphatic rings. The van der Waals surface area contributed by atoms with Crippen molar-refractivity contribution in [1.82, 2.24) is 5.32 Å². The van der Waals surface area contributed by atoms with E-state index in [0.717, 1.165) is 11.3 Å². The Morgan fingerprint density at radius 1 is 1.16 bits per heavy atom. The number of hydrogen-bond acceptors (Lipinski definition) is 5. The van der Waals surface area contributed by atoms with Gasteiger partial charge in [-0.25, -0.2) is 9.79 Å². The highest BCUT2D eigenvalue weighted by molar-refractivity contribution is 8.18. The zero-order chi connectivity index (χ0) is 17.8. The lowest BCUT2D eigenvalue weighted by Crippen LogP contribution is -2.19. The number of methoxy groups -OCH3 is 1. The van der Waals surface area contributed by atoms with E-state index in [1.807, 2.05) is 0 Å². The molecular formula is C18H14N2O4S. The molecule has 0 radical (unpaired) electrons. The van der Waals surface area contributed by atoms with Crippen molar-refractivity contribution < 1.29 is 19.4 Å². The third kappa shape index (κ3) is 4.07. The fourth-order valence-electron chi connectivity index (χ4n) is 2.13. The smallest absolute Gasteiger partial charge is 0.335 e. The second-order valence-electron chi connectivity index (χ2n) is 5.11. The molecular weight excluding hydrogens is 340 g/mol. The predicted molar refractivity (Wildman–Crippen MR) is 97.2 cm³/mol. The number of carbonyl (C=O) groups is 2. The van der Waals surface area contributed by atoms with Crippen LogP contribution in [0.25, 0.3) is 6.08 Å². The van der Waals surface area contributed by atoms with Crippen molar-refractivity contribution in [2.75, 3.05) is 7.11 Å². The number of amides is 1. The van der Waals surface area contributed by atoms with E-state index in [-0.39, 0.29) is 11.5 Å². The molecule has 0 aromatic heterocycles. The number of carboxylic acids is 1. The first-order valence-electron chi connectivity index (χ1n) is 7.32. The minimum Gasteiger partial charge on any atom is -0.497 e. The molecule has 25 heavy (non-hydrogen) atoms. The molecule has 2 N–H and O–H groups in total. The van der Waals surface area contributed by atoms with E-state index in [1.165, 1.54) is 23.9 Å². The number of amidine groups is 1. The quantitative estimate of drug-likeness (QED) is 0.823. The molecule has 1 heterocycles. The Labute approximate surface area is 148 Å². The second kappa shape index (κ2) is 7.23. The van der Waals surface area contributed by atoms with Crippen LogP contribution >= 0.6 is 11.8 Å². The molecule has 0 aliphatic carbocycles. The van der Waals surface area contributed by atoms with Gasteiger partial charge in [-0.1, -0.05) is 12.1 Å². The van der Waals surface area contributed by atoms with Gasteiger partial charge < -0.3 is 15.2 Å². The van der Waals surface area contributed by atoms with Gasteiger partial charge in [0.25, 0.3) is 5.91 Å². The van der Waals surface area contributed by atoms with Gasteiger partial charge in [0.05, 0.1) is 23.3 Å². The topological polar surface area (TPSA) is 88.0 Å². The van der Waals surface area contributed by atoms with E-state index in [1.54, 1.807) is 49.6 Å². The van der Waals surface area contributed by atoms with Crippen LogP contribution < -0.4 is 10.1 Å². The Morgan fingerprint density at radius 3 is 2.44 bits per heavy atom. The minimum absolute atomic E-state index is 0.201. The van der Waals surface area contributed by atoms with Crippen LogP contribution in [-0.2, 0) is 4.79 Å². The van der Waals surface area contributed by atoms with Crippen LogP contribution in [0.3, 0.4) is 0 Å². The van der Waals surface area contributed by atoms with E-state index < -0.39 is 5.97 Å². The molecule has 6 nitrogen and oxygen atoms in total. The number of benzene rings is 2. The zero-order valence-corrected chi connectivity index (χ0v) is 14.0. The highest BCUT2D eigenvalue weighted by Gasteiger charge is 2.23. The average molecular weight is 354 g/mol. The second-order valence-corrected chi connectivity index (χ2v) is 6.14. The monoisotopic (exact) mass is 354 g/mol. The average Bonchev–Trinajstić information content (AvgIpc) is 2.95. The van der Waals surface area contributed by atoms with Gasteiger partial charge in [0.15, 0.2) is 5.17 Å². The molecule has 2 aromatic rings. The summed E-state index contributed by atoms with van der Waals surface area (Å²) < 4.78 is 5.09. The Balaban J connectivity index is 1.77. The highest BCUT2D eigenvalue weighted by atomic mass is 32.2. The lowest BCUT2D eigenvalue weighted by atomic mass is 10.1. The molecule has 7 heteroatoms. The lowest BCUT2D eigenvalue weighted by molar-refractivity contribution is -0.115. The number of nitrogens with zero attached hydrogens (tertiary/aromatic N) is 1. The fraction of sp³-hybridized carbons (Fsp3) is 0.0556. The van der Waals surface area contributed by atoms with E-state index in [4.69, 9.17) is 9.84 Å². The Hall–Kier alpha value is -3.06. The van der Waals surface area contributed by atoms with E-state index >= 15 is 0 Å². The SMILES string of the molecule is COc1ccc(N=C2NC(=O)/C(=C\c3ccc(C(=O)O)cc3)S2)cc1. The van der Waals surface area contributed by atoms with Gasteiger partial charge >= 0.3 is 5.97 Å². The molecule has 1 aliphatic heterocycles. The van der Waals surface area contributed by atoms with Crippen LogP contribution in [-0.4, -0.2) is 29.3 Å². The normalized spacial score (nSPS) is 16.9. The van der Waals surface area contributed by atoms with E-state index in [9.17, 15) is 9.59 Å². The van der Waals surface area contributed by atoms with Gasteiger partial charge in [-0.05, 0) is 59.8 Å². The number of hydrogen-bond donors (Lipinski definition) is 2. The predicted octanol–water partition coefficient (Wildman–Crippen LogP) is 3.29. The highest BCUT2D eigenvalue weighted by Crippen LogP contribution is 2.28. The number of thioether (sulfide) groups is 1. The molecule has 0 spiro atoms.